The zero-order chi connectivity index (χ0) is 13.8. The van der Waals surface area contributed by atoms with E-state index in [0.29, 0.717) is 0 Å². The lowest BCUT2D eigenvalue weighted by molar-refractivity contribution is 0.169. The summed E-state index contributed by atoms with van der Waals surface area (Å²) in [5, 5.41) is 0. The first-order valence-electron chi connectivity index (χ1n) is 7.93. The lowest BCUT2D eigenvalue weighted by Crippen LogP contribution is -2.34. The molecule has 0 radical (unpaired) electrons. The summed E-state index contributed by atoms with van der Waals surface area (Å²) < 4.78 is 5.50. The van der Waals surface area contributed by atoms with Crippen LogP contribution in [0.25, 0.3) is 0 Å². The molecule has 3 heteroatoms. The van der Waals surface area contributed by atoms with E-state index < -0.39 is 0 Å². The van der Waals surface area contributed by atoms with Crippen LogP contribution < -0.4 is 4.90 Å². The lowest BCUT2D eigenvalue weighted by Gasteiger charge is -2.26. The topological polar surface area (TPSA) is 15.7 Å². The van der Waals surface area contributed by atoms with Gasteiger partial charge in [0.1, 0.15) is 0 Å². The number of para-hydroxylation sites is 1. The van der Waals surface area contributed by atoms with Crippen molar-refractivity contribution in [2.75, 3.05) is 50.8 Å². The summed E-state index contributed by atoms with van der Waals surface area (Å²) in [4.78, 5) is 5.19. The fraction of sp³-hybridized carbons (Fsp3) is 0.647. The Morgan fingerprint density at radius 2 is 2.05 bits per heavy atom. The van der Waals surface area contributed by atoms with Gasteiger partial charge in [0.15, 0.2) is 0 Å². The number of hydrogen-bond acceptors (Lipinski definition) is 3. The summed E-state index contributed by atoms with van der Waals surface area (Å²) in [7, 11) is 0. The van der Waals surface area contributed by atoms with Crippen LogP contribution in [0, 0.1) is 12.8 Å². The van der Waals surface area contributed by atoms with Gasteiger partial charge in [-0.1, -0.05) is 18.2 Å². The Hall–Kier alpha value is -1.06. The van der Waals surface area contributed by atoms with Gasteiger partial charge in [-0.15, -0.1) is 0 Å². The second-order valence-electron chi connectivity index (χ2n) is 6.16. The van der Waals surface area contributed by atoms with Gasteiger partial charge in [0, 0.05) is 38.5 Å². The van der Waals surface area contributed by atoms with Crippen molar-refractivity contribution in [1.29, 1.82) is 0 Å². The fourth-order valence-corrected chi connectivity index (χ4v) is 3.41. The summed E-state index contributed by atoms with van der Waals surface area (Å²) in [6, 6.07) is 8.76. The minimum Gasteiger partial charge on any atom is -0.381 e. The largest absolute Gasteiger partial charge is 0.381 e. The Morgan fingerprint density at radius 3 is 2.85 bits per heavy atom. The van der Waals surface area contributed by atoms with E-state index in [4.69, 9.17) is 4.74 Å². The first-order chi connectivity index (χ1) is 9.83. The molecule has 2 saturated heterocycles. The van der Waals surface area contributed by atoms with Crippen LogP contribution in [0.3, 0.4) is 0 Å². The second-order valence-corrected chi connectivity index (χ2v) is 6.16. The summed E-state index contributed by atoms with van der Waals surface area (Å²) in [5.74, 6) is 0.764. The van der Waals surface area contributed by atoms with Gasteiger partial charge in [0.05, 0.1) is 6.61 Å². The molecule has 1 aromatic rings. The van der Waals surface area contributed by atoms with Crippen LogP contribution in [0.5, 0.6) is 0 Å². The molecule has 0 saturated carbocycles. The van der Waals surface area contributed by atoms with E-state index >= 15 is 0 Å². The molecule has 2 heterocycles. The number of ether oxygens (including phenoxy) is 1. The highest BCUT2D eigenvalue weighted by molar-refractivity contribution is 5.53. The SMILES string of the molecule is Cc1ccccc1N1CCCN(CC2CCOC2)CC1. The normalized spacial score (nSPS) is 24.9. The minimum absolute atomic E-state index is 0.764. The Morgan fingerprint density at radius 1 is 1.15 bits per heavy atom. The van der Waals surface area contributed by atoms with E-state index in [0.717, 1.165) is 25.7 Å². The minimum atomic E-state index is 0.764. The van der Waals surface area contributed by atoms with Crippen LogP contribution in [-0.4, -0.2) is 50.8 Å². The van der Waals surface area contributed by atoms with Crippen LogP contribution in [0.15, 0.2) is 24.3 Å². The van der Waals surface area contributed by atoms with Crippen molar-refractivity contribution in [3.63, 3.8) is 0 Å². The third-order valence-electron chi connectivity index (χ3n) is 4.59. The van der Waals surface area contributed by atoms with Crippen molar-refractivity contribution in [2.45, 2.75) is 19.8 Å². The lowest BCUT2D eigenvalue weighted by atomic mass is 10.1. The Balaban J connectivity index is 1.57. The molecule has 0 amide bonds. The van der Waals surface area contributed by atoms with Gasteiger partial charge < -0.3 is 14.5 Å². The summed E-state index contributed by atoms with van der Waals surface area (Å²) in [6.07, 6.45) is 2.51. The number of rotatable bonds is 3. The predicted octanol–water partition coefficient (Wildman–Crippen LogP) is 2.54. The van der Waals surface area contributed by atoms with Crippen LogP contribution in [-0.2, 0) is 4.74 Å². The number of nitrogens with zero attached hydrogens (tertiary/aromatic N) is 2. The quantitative estimate of drug-likeness (QED) is 0.842. The maximum absolute atomic E-state index is 5.50. The van der Waals surface area contributed by atoms with Crippen molar-refractivity contribution in [1.82, 2.24) is 4.90 Å². The van der Waals surface area contributed by atoms with E-state index in [9.17, 15) is 0 Å². The molecule has 1 atom stereocenters. The molecule has 20 heavy (non-hydrogen) atoms. The molecule has 1 aromatic carbocycles. The van der Waals surface area contributed by atoms with Crippen molar-refractivity contribution in [3.05, 3.63) is 29.8 Å². The monoisotopic (exact) mass is 274 g/mol. The Bertz CT molecular complexity index is 429. The Kier molecular flexibility index (Phi) is 4.58. The first kappa shape index (κ1) is 13.9. The highest BCUT2D eigenvalue weighted by Crippen LogP contribution is 2.21. The number of aryl methyl sites for hydroxylation is 1. The number of hydrogen-bond donors (Lipinski definition) is 0. The van der Waals surface area contributed by atoms with Crippen LogP contribution >= 0.6 is 0 Å². The Labute approximate surface area is 122 Å². The van der Waals surface area contributed by atoms with E-state index in [1.807, 2.05) is 0 Å². The van der Waals surface area contributed by atoms with Gasteiger partial charge in [0.2, 0.25) is 0 Å². The van der Waals surface area contributed by atoms with Gasteiger partial charge in [-0.25, -0.2) is 0 Å². The summed E-state index contributed by atoms with van der Waals surface area (Å²) in [6.45, 7) is 10.1. The van der Waals surface area contributed by atoms with E-state index in [1.165, 1.54) is 50.3 Å². The van der Waals surface area contributed by atoms with Gasteiger partial charge >= 0.3 is 0 Å². The summed E-state index contributed by atoms with van der Waals surface area (Å²) >= 11 is 0. The molecule has 0 aromatic heterocycles. The third-order valence-corrected chi connectivity index (χ3v) is 4.59. The average molecular weight is 274 g/mol. The predicted molar refractivity (Wildman–Crippen MR) is 83.4 cm³/mol. The molecule has 2 aliphatic heterocycles. The zero-order valence-corrected chi connectivity index (χ0v) is 12.6. The second kappa shape index (κ2) is 6.59. The van der Waals surface area contributed by atoms with Gasteiger partial charge in [0.25, 0.3) is 0 Å². The molecule has 110 valence electrons. The van der Waals surface area contributed by atoms with Crippen molar-refractivity contribution >= 4 is 5.69 Å². The van der Waals surface area contributed by atoms with E-state index in [1.54, 1.807) is 0 Å². The molecule has 0 bridgehead atoms. The van der Waals surface area contributed by atoms with Crippen LogP contribution in [0.1, 0.15) is 18.4 Å². The molecule has 0 aliphatic carbocycles. The van der Waals surface area contributed by atoms with Crippen molar-refractivity contribution in [3.8, 4) is 0 Å². The van der Waals surface area contributed by atoms with E-state index in [-0.39, 0.29) is 0 Å². The molecular weight excluding hydrogens is 248 g/mol. The molecule has 3 nitrogen and oxygen atoms in total. The molecule has 2 fully saturated rings. The average Bonchev–Trinajstić information content (AvgIpc) is 2.85. The van der Waals surface area contributed by atoms with Crippen LogP contribution in [0.2, 0.25) is 0 Å². The zero-order valence-electron chi connectivity index (χ0n) is 12.6. The fourth-order valence-electron chi connectivity index (χ4n) is 3.41. The van der Waals surface area contributed by atoms with Gasteiger partial charge in [-0.05, 0) is 43.9 Å². The van der Waals surface area contributed by atoms with Crippen molar-refractivity contribution in [2.24, 2.45) is 5.92 Å². The highest BCUT2D eigenvalue weighted by atomic mass is 16.5. The number of benzene rings is 1. The van der Waals surface area contributed by atoms with Crippen LogP contribution in [0.4, 0.5) is 5.69 Å². The maximum Gasteiger partial charge on any atom is 0.0507 e. The highest BCUT2D eigenvalue weighted by Gasteiger charge is 2.21. The molecule has 2 aliphatic rings. The standard InChI is InChI=1S/C17H26N2O/c1-15-5-2-3-6-17(15)19-9-4-8-18(10-11-19)13-16-7-12-20-14-16/h2-3,5-6,16H,4,7-14H2,1H3. The maximum atomic E-state index is 5.50. The molecule has 0 N–H and O–H groups in total. The van der Waals surface area contributed by atoms with Gasteiger partial charge in [-0.3, -0.25) is 0 Å². The molecule has 3 rings (SSSR count). The third kappa shape index (κ3) is 3.33. The molecule has 1 unspecified atom stereocenters. The first-order valence-corrected chi connectivity index (χ1v) is 7.93. The molecule has 0 spiro atoms. The summed E-state index contributed by atoms with van der Waals surface area (Å²) in [5.41, 5.74) is 2.81. The van der Waals surface area contributed by atoms with Crippen molar-refractivity contribution < 1.29 is 4.74 Å². The number of anilines is 1. The van der Waals surface area contributed by atoms with E-state index in [2.05, 4.69) is 41.0 Å². The van der Waals surface area contributed by atoms with Gasteiger partial charge in [-0.2, -0.15) is 0 Å². The smallest absolute Gasteiger partial charge is 0.0507 e. The molecular formula is C17H26N2O.